The maximum Gasteiger partial charge on any atom is 0.435 e. The number of aryl methyl sites for hydroxylation is 1. The molecule has 0 radical (unpaired) electrons. The van der Waals surface area contributed by atoms with Gasteiger partial charge in [-0.1, -0.05) is 15.9 Å². The molecule has 2 aromatic heterocycles. The van der Waals surface area contributed by atoms with Crippen LogP contribution >= 0.6 is 15.9 Å². The molecule has 104 valence electrons. The molecule has 0 unspecified atom stereocenters. The van der Waals surface area contributed by atoms with E-state index in [0.717, 1.165) is 0 Å². The van der Waals surface area contributed by atoms with E-state index in [0.29, 0.717) is 5.56 Å². The van der Waals surface area contributed by atoms with Crippen LogP contribution in [0.15, 0.2) is 6.07 Å². The van der Waals surface area contributed by atoms with E-state index in [1.54, 1.807) is 6.07 Å². The average molecular weight is 346 g/mol. The number of aromatic amines is 1. The number of hydrogen-bond donors (Lipinski definition) is 1. The second-order valence-corrected chi connectivity index (χ2v) is 4.48. The van der Waals surface area contributed by atoms with Gasteiger partial charge in [0.05, 0.1) is 5.56 Å². The zero-order chi connectivity index (χ0) is 14.9. The lowest BCUT2D eigenvalue weighted by molar-refractivity contribution is -0.140. The number of hydrogen-bond acceptors (Lipinski definition) is 4. The third-order valence-electron chi connectivity index (χ3n) is 2.58. The molecule has 0 aliphatic rings. The van der Waals surface area contributed by atoms with E-state index in [1.165, 1.54) is 13.0 Å². The first-order valence-electron chi connectivity index (χ1n) is 5.33. The van der Waals surface area contributed by atoms with Crippen LogP contribution in [0.25, 0.3) is 11.3 Å². The molecule has 0 aromatic carbocycles. The normalized spacial score (nSPS) is 11.4. The van der Waals surface area contributed by atoms with Crippen LogP contribution in [-0.4, -0.2) is 20.4 Å². The quantitative estimate of drug-likeness (QED) is 0.848. The Bertz CT molecular complexity index is 686. The summed E-state index contributed by atoms with van der Waals surface area (Å²) < 4.78 is 38.8. The fourth-order valence-electron chi connectivity index (χ4n) is 1.72. The van der Waals surface area contributed by atoms with E-state index in [4.69, 9.17) is 5.26 Å². The minimum atomic E-state index is -4.60. The minimum Gasteiger partial charge on any atom is -0.282 e. The molecule has 0 amide bonds. The van der Waals surface area contributed by atoms with Crippen LogP contribution in [0.5, 0.6) is 0 Å². The van der Waals surface area contributed by atoms with Gasteiger partial charge in [-0.3, -0.25) is 5.10 Å². The van der Waals surface area contributed by atoms with Crippen molar-refractivity contribution < 1.29 is 13.2 Å². The summed E-state index contributed by atoms with van der Waals surface area (Å²) in [4.78, 5) is 0. The number of rotatable bonds is 2. The number of halogens is 4. The number of nitrogens with one attached hydrogen (secondary N) is 1. The molecule has 5 nitrogen and oxygen atoms in total. The van der Waals surface area contributed by atoms with Gasteiger partial charge in [-0.15, -0.1) is 10.2 Å². The summed E-state index contributed by atoms with van der Waals surface area (Å²) in [6.45, 7) is 1.47. The van der Waals surface area contributed by atoms with Gasteiger partial charge in [-0.25, -0.2) is 0 Å². The molecule has 0 saturated heterocycles. The summed E-state index contributed by atoms with van der Waals surface area (Å²) in [5.74, 6) is 0. The monoisotopic (exact) mass is 345 g/mol. The minimum absolute atomic E-state index is 0.0397. The van der Waals surface area contributed by atoms with Crippen LogP contribution in [0.3, 0.4) is 0 Å². The van der Waals surface area contributed by atoms with Crippen molar-refractivity contribution in [3.05, 3.63) is 28.7 Å². The first kappa shape index (κ1) is 14.5. The lowest BCUT2D eigenvalue weighted by Crippen LogP contribution is -2.09. The van der Waals surface area contributed by atoms with Gasteiger partial charge in [-0.05, 0) is 18.6 Å². The second-order valence-electron chi connectivity index (χ2n) is 3.92. The van der Waals surface area contributed by atoms with E-state index in [2.05, 4.69) is 36.3 Å². The van der Waals surface area contributed by atoms with Crippen LogP contribution < -0.4 is 0 Å². The number of nitrogens with zero attached hydrogens (tertiary/aromatic N) is 4. The number of aromatic nitrogens is 4. The average Bonchev–Trinajstić information content (AvgIpc) is 2.79. The van der Waals surface area contributed by atoms with E-state index < -0.39 is 11.9 Å². The summed E-state index contributed by atoms with van der Waals surface area (Å²) in [6, 6.07) is 3.19. The van der Waals surface area contributed by atoms with Crippen molar-refractivity contribution in [3.8, 4) is 17.3 Å². The Morgan fingerprint density at radius 1 is 1.40 bits per heavy atom. The first-order valence-corrected chi connectivity index (χ1v) is 6.45. The van der Waals surface area contributed by atoms with E-state index in [9.17, 15) is 13.2 Å². The van der Waals surface area contributed by atoms with Crippen LogP contribution in [0.2, 0.25) is 0 Å². The summed E-state index contributed by atoms with van der Waals surface area (Å²) in [6.07, 6.45) is -4.60. The molecule has 0 saturated carbocycles. The van der Waals surface area contributed by atoms with E-state index in [1.807, 2.05) is 0 Å². The highest BCUT2D eigenvalue weighted by Crippen LogP contribution is 2.37. The molecule has 9 heteroatoms. The molecule has 2 heterocycles. The van der Waals surface area contributed by atoms with E-state index in [-0.39, 0.29) is 28.0 Å². The van der Waals surface area contributed by atoms with Crippen LogP contribution in [0.1, 0.15) is 22.6 Å². The SMILES string of the molecule is Cc1[nH]nc(C(F)(F)F)c1-c1nnc(C#N)cc1CBr. The Hall–Kier alpha value is -1.95. The third kappa shape index (κ3) is 2.51. The summed E-state index contributed by atoms with van der Waals surface area (Å²) in [5.41, 5.74) is -0.428. The number of nitriles is 1. The molecule has 0 spiro atoms. The van der Waals surface area contributed by atoms with Crippen molar-refractivity contribution >= 4 is 15.9 Å². The van der Waals surface area contributed by atoms with Crippen molar-refractivity contribution in [2.75, 3.05) is 0 Å². The van der Waals surface area contributed by atoms with Crippen molar-refractivity contribution in [1.29, 1.82) is 5.26 Å². The fourth-order valence-corrected chi connectivity index (χ4v) is 2.15. The van der Waals surface area contributed by atoms with Crippen molar-refractivity contribution in [1.82, 2.24) is 20.4 Å². The van der Waals surface area contributed by atoms with Crippen molar-refractivity contribution in [2.24, 2.45) is 0 Å². The number of alkyl halides is 4. The van der Waals surface area contributed by atoms with Crippen LogP contribution in [0.4, 0.5) is 13.2 Å². The number of H-pyrrole nitrogens is 1. The van der Waals surface area contributed by atoms with Gasteiger partial charge >= 0.3 is 6.18 Å². The molecule has 1 N–H and O–H groups in total. The van der Waals surface area contributed by atoms with Gasteiger partial charge in [0.15, 0.2) is 11.4 Å². The highest BCUT2D eigenvalue weighted by molar-refractivity contribution is 9.08. The Morgan fingerprint density at radius 3 is 2.65 bits per heavy atom. The third-order valence-corrected chi connectivity index (χ3v) is 3.19. The highest BCUT2D eigenvalue weighted by Gasteiger charge is 2.38. The lowest BCUT2D eigenvalue weighted by Gasteiger charge is -2.09. The first-order chi connectivity index (χ1) is 9.38. The molecule has 0 fully saturated rings. The molecule has 2 aromatic rings. The molecule has 0 aliphatic heterocycles. The second kappa shape index (κ2) is 5.20. The zero-order valence-corrected chi connectivity index (χ0v) is 11.7. The van der Waals surface area contributed by atoms with E-state index >= 15 is 0 Å². The Balaban J connectivity index is 2.69. The van der Waals surface area contributed by atoms with Gasteiger partial charge < -0.3 is 0 Å². The van der Waals surface area contributed by atoms with Gasteiger partial charge in [-0.2, -0.15) is 23.5 Å². The van der Waals surface area contributed by atoms with Gasteiger partial charge in [0, 0.05) is 11.0 Å². The molecule has 0 bridgehead atoms. The van der Waals surface area contributed by atoms with Crippen molar-refractivity contribution in [3.63, 3.8) is 0 Å². The zero-order valence-electron chi connectivity index (χ0n) is 10.1. The Labute approximate surface area is 120 Å². The van der Waals surface area contributed by atoms with Gasteiger partial charge in [0.1, 0.15) is 11.8 Å². The summed E-state index contributed by atoms with van der Waals surface area (Å²) in [5, 5.41) is 21.9. The predicted octanol–water partition coefficient (Wildman–Crippen LogP) is 2.96. The molecule has 0 aliphatic carbocycles. The van der Waals surface area contributed by atoms with Gasteiger partial charge in [0.25, 0.3) is 0 Å². The van der Waals surface area contributed by atoms with Crippen LogP contribution in [0, 0.1) is 18.3 Å². The van der Waals surface area contributed by atoms with Gasteiger partial charge in [0.2, 0.25) is 0 Å². The Morgan fingerprint density at radius 2 is 2.10 bits per heavy atom. The standard InChI is InChI=1S/C11H7BrF3N5/c1-5-8(10(20-17-5)11(13,14)15)9-6(3-12)2-7(4-16)18-19-9/h2H,3H2,1H3,(H,17,20). The lowest BCUT2D eigenvalue weighted by atomic mass is 10.0. The molecular formula is C11H7BrF3N5. The molecule has 20 heavy (non-hydrogen) atoms. The van der Waals surface area contributed by atoms with Crippen LogP contribution in [-0.2, 0) is 11.5 Å². The Kier molecular flexibility index (Phi) is 3.76. The molecule has 2 rings (SSSR count). The fraction of sp³-hybridized carbons (Fsp3) is 0.273. The highest BCUT2D eigenvalue weighted by atomic mass is 79.9. The smallest absolute Gasteiger partial charge is 0.282 e. The van der Waals surface area contributed by atoms with Crippen molar-refractivity contribution in [2.45, 2.75) is 18.4 Å². The molecular weight excluding hydrogens is 339 g/mol. The maximum absolute atomic E-state index is 12.9. The summed E-state index contributed by atoms with van der Waals surface area (Å²) in [7, 11) is 0. The molecule has 0 atom stereocenters. The predicted molar refractivity (Wildman–Crippen MR) is 66.7 cm³/mol. The summed E-state index contributed by atoms with van der Waals surface area (Å²) >= 11 is 3.17. The topological polar surface area (TPSA) is 78.2 Å². The largest absolute Gasteiger partial charge is 0.435 e. The maximum atomic E-state index is 12.9.